The Balaban J connectivity index is 3.02. The summed E-state index contributed by atoms with van der Waals surface area (Å²) in [5.41, 5.74) is -1.42. The number of hydrogen-bond acceptors (Lipinski definition) is 5. The Labute approximate surface area is 118 Å². The maximum Gasteiger partial charge on any atom is 0.325 e. The summed E-state index contributed by atoms with van der Waals surface area (Å²) < 4.78 is 30.2. The minimum atomic E-state index is -3.98. The van der Waals surface area contributed by atoms with Crippen molar-refractivity contribution in [3.63, 3.8) is 0 Å². The van der Waals surface area contributed by atoms with Crippen LogP contribution in [-0.4, -0.2) is 54.2 Å². The average Bonchev–Trinajstić information content (AvgIpc) is 2.75. The van der Waals surface area contributed by atoms with E-state index < -0.39 is 33.3 Å². The highest BCUT2D eigenvalue weighted by Crippen LogP contribution is 2.36. The summed E-state index contributed by atoms with van der Waals surface area (Å²) in [6.45, 7) is 3.61. The third kappa shape index (κ3) is 3.29. The standard InChI is InChI=1S/C12H21NO6S/c1-3-6-12(11(15)16)7-5-8-13(12)20(17,18)9-10(14)19-4-2/h3-9H2,1-2H3,(H,15,16). The lowest BCUT2D eigenvalue weighted by atomic mass is 9.92. The third-order valence-corrected chi connectivity index (χ3v) is 5.24. The molecule has 116 valence electrons. The summed E-state index contributed by atoms with van der Waals surface area (Å²) in [5, 5.41) is 9.44. The zero-order chi connectivity index (χ0) is 15.4. The Morgan fingerprint density at radius 2 is 2.00 bits per heavy atom. The number of carboxylic acid groups (broad SMARTS) is 1. The van der Waals surface area contributed by atoms with Gasteiger partial charge in [0.2, 0.25) is 10.0 Å². The van der Waals surface area contributed by atoms with Crippen molar-refractivity contribution in [3.8, 4) is 0 Å². The molecule has 7 nitrogen and oxygen atoms in total. The normalized spacial score (nSPS) is 23.7. The number of aliphatic carboxylic acids is 1. The highest BCUT2D eigenvalue weighted by molar-refractivity contribution is 7.89. The topological polar surface area (TPSA) is 101 Å². The molecule has 8 heteroatoms. The van der Waals surface area contributed by atoms with E-state index >= 15 is 0 Å². The Morgan fingerprint density at radius 1 is 1.35 bits per heavy atom. The van der Waals surface area contributed by atoms with Crippen LogP contribution in [0.15, 0.2) is 0 Å². The number of ether oxygens (including phenoxy) is 1. The molecule has 1 N–H and O–H groups in total. The number of hydrogen-bond donors (Lipinski definition) is 1. The Hall–Kier alpha value is -1.15. The molecule has 0 aromatic carbocycles. The van der Waals surface area contributed by atoms with Gasteiger partial charge in [-0.25, -0.2) is 8.42 Å². The molecule has 1 aliphatic rings. The number of nitrogens with zero attached hydrogens (tertiary/aromatic N) is 1. The third-order valence-electron chi connectivity index (χ3n) is 3.43. The van der Waals surface area contributed by atoms with Crippen LogP contribution >= 0.6 is 0 Å². The second-order valence-electron chi connectivity index (χ2n) is 4.82. The maximum atomic E-state index is 12.3. The van der Waals surface area contributed by atoms with Crippen molar-refractivity contribution in [3.05, 3.63) is 0 Å². The summed E-state index contributed by atoms with van der Waals surface area (Å²) in [4.78, 5) is 22.9. The SMILES string of the molecule is CCCC1(C(=O)O)CCCN1S(=O)(=O)CC(=O)OCC. The van der Waals surface area contributed by atoms with Crippen molar-refractivity contribution in [1.29, 1.82) is 0 Å². The van der Waals surface area contributed by atoms with E-state index in [1.807, 2.05) is 0 Å². The molecule has 0 radical (unpaired) electrons. The van der Waals surface area contributed by atoms with Crippen LogP contribution in [-0.2, 0) is 24.3 Å². The highest BCUT2D eigenvalue weighted by Gasteiger charge is 2.52. The van der Waals surface area contributed by atoms with Crippen LogP contribution in [0.3, 0.4) is 0 Å². The summed E-state index contributed by atoms with van der Waals surface area (Å²) in [7, 11) is -3.98. The average molecular weight is 307 g/mol. The number of carbonyl (C=O) groups excluding carboxylic acids is 1. The van der Waals surface area contributed by atoms with Crippen LogP contribution in [0.5, 0.6) is 0 Å². The molecule has 0 spiro atoms. The van der Waals surface area contributed by atoms with E-state index in [1.54, 1.807) is 13.8 Å². The van der Waals surface area contributed by atoms with E-state index in [4.69, 9.17) is 0 Å². The van der Waals surface area contributed by atoms with Gasteiger partial charge in [-0.1, -0.05) is 13.3 Å². The van der Waals surface area contributed by atoms with Crippen molar-refractivity contribution in [2.75, 3.05) is 18.9 Å². The van der Waals surface area contributed by atoms with Crippen LogP contribution < -0.4 is 0 Å². The van der Waals surface area contributed by atoms with Crippen LogP contribution in [0.1, 0.15) is 39.5 Å². The van der Waals surface area contributed by atoms with Crippen molar-refractivity contribution in [2.45, 2.75) is 45.1 Å². The smallest absolute Gasteiger partial charge is 0.325 e. The summed E-state index contributed by atoms with van der Waals surface area (Å²) in [6, 6.07) is 0. The first kappa shape index (κ1) is 16.9. The quantitative estimate of drug-likeness (QED) is 0.691. The van der Waals surface area contributed by atoms with E-state index in [9.17, 15) is 23.1 Å². The molecule has 0 bridgehead atoms. The first-order chi connectivity index (χ1) is 9.30. The molecule has 1 atom stereocenters. The number of esters is 1. The van der Waals surface area contributed by atoms with Gasteiger partial charge in [0.05, 0.1) is 6.61 Å². The minimum absolute atomic E-state index is 0.0907. The van der Waals surface area contributed by atoms with E-state index in [1.165, 1.54) is 0 Å². The molecule has 20 heavy (non-hydrogen) atoms. The number of carbonyl (C=O) groups is 2. The van der Waals surface area contributed by atoms with E-state index in [2.05, 4.69) is 4.74 Å². The van der Waals surface area contributed by atoms with Gasteiger partial charge in [0.1, 0.15) is 5.54 Å². The maximum absolute atomic E-state index is 12.3. The molecule has 1 heterocycles. The summed E-state index contributed by atoms with van der Waals surface area (Å²) in [5.74, 6) is -2.81. The van der Waals surface area contributed by atoms with Crippen molar-refractivity contribution < 1.29 is 27.9 Å². The van der Waals surface area contributed by atoms with E-state index in [0.29, 0.717) is 12.8 Å². The Kier molecular flexibility index (Phi) is 5.52. The second kappa shape index (κ2) is 6.53. The highest BCUT2D eigenvalue weighted by atomic mass is 32.2. The first-order valence-corrected chi connectivity index (χ1v) is 8.30. The van der Waals surface area contributed by atoms with Crippen LogP contribution in [0.4, 0.5) is 0 Å². The largest absolute Gasteiger partial charge is 0.480 e. The van der Waals surface area contributed by atoms with Gasteiger partial charge in [0.25, 0.3) is 0 Å². The van der Waals surface area contributed by atoms with Crippen molar-refractivity contribution in [2.24, 2.45) is 0 Å². The first-order valence-electron chi connectivity index (χ1n) is 6.69. The van der Waals surface area contributed by atoms with Crippen molar-refractivity contribution in [1.82, 2.24) is 4.31 Å². The zero-order valence-corrected chi connectivity index (χ0v) is 12.6. The predicted molar refractivity (Wildman–Crippen MR) is 71.6 cm³/mol. The predicted octanol–water partition coefficient (Wildman–Crippen LogP) is 0.599. The lowest BCUT2D eigenvalue weighted by molar-refractivity contribution is -0.148. The molecule has 0 aliphatic carbocycles. The van der Waals surface area contributed by atoms with E-state index in [-0.39, 0.29) is 26.0 Å². The second-order valence-corrected chi connectivity index (χ2v) is 6.72. The Bertz CT molecular complexity index is 474. The molecule has 0 saturated carbocycles. The van der Waals surface area contributed by atoms with Gasteiger partial charge in [-0.2, -0.15) is 4.31 Å². The number of sulfonamides is 1. The van der Waals surface area contributed by atoms with Gasteiger partial charge in [-0.05, 0) is 26.2 Å². The monoisotopic (exact) mass is 307 g/mol. The number of carboxylic acids is 1. The van der Waals surface area contributed by atoms with Crippen LogP contribution in [0.25, 0.3) is 0 Å². The lowest BCUT2D eigenvalue weighted by Crippen LogP contribution is -2.54. The molecule has 0 amide bonds. The fourth-order valence-corrected chi connectivity index (χ4v) is 4.41. The van der Waals surface area contributed by atoms with Crippen LogP contribution in [0.2, 0.25) is 0 Å². The molecule has 0 aromatic heterocycles. The molecule has 1 saturated heterocycles. The molecular formula is C12H21NO6S. The lowest BCUT2D eigenvalue weighted by Gasteiger charge is -2.33. The van der Waals surface area contributed by atoms with Gasteiger partial charge < -0.3 is 9.84 Å². The van der Waals surface area contributed by atoms with Crippen molar-refractivity contribution >= 4 is 22.0 Å². The molecule has 1 aliphatic heterocycles. The minimum Gasteiger partial charge on any atom is -0.480 e. The van der Waals surface area contributed by atoms with Gasteiger partial charge in [0.15, 0.2) is 5.75 Å². The number of rotatable bonds is 7. The zero-order valence-electron chi connectivity index (χ0n) is 11.8. The summed E-state index contributed by atoms with van der Waals surface area (Å²) >= 11 is 0. The van der Waals surface area contributed by atoms with Gasteiger partial charge in [-0.3, -0.25) is 9.59 Å². The molecule has 0 aromatic rings. The van der Waals surface area contributed by atoms with Gasteiger partial charge in [0, 0.05) is 6.54 Å². The van der Waals surface area contributed by atoms with Gasteiger partial charge in [-0.15, -0.1) is 0 Å². The fourth-order valence-electron chi connectivity index (χ4n) is 2.67. The van der Waals surface area contributed by atoms with Crippen LogP contribution in [0, 0.1) is 0 Å². The Morgan fingerprint density at radius 3 is 2.50 bits per heavy atom. The molecule has 1 fully saturated rings. The van der Waals surface area contributed by atoms with Gasteiger partial charge >= 0.3 is 11.9 Å². The fraction of sp³-hybridized carbons (Fsp3) is 0.833. The summed E-state index contributed by atoms with van der Waals surface area (Å²) in [6.07, 6.45) is 1.55. The molecule has 1 rings (SSSR count). The molecule has 1 unspecified atom stereocenters. The van der Waals surface area contributed by atoms with E-state index in [0.717, 1.165) is 4.31 Å². The molecular weight excluding hydrogens is 286 g/mol.